The molecule has 11 heteroatoms. The first-order valence-corrected chi connectivity index (χ1v) is 11.5. The van der Waals surface area contributed by atoms with Crippen molar-refractivity contribution < 1.29 is 33.7 Å². The van der Waals surface area contributed by atoms with Crippen LogP contribution in [0.1, 0.15) is 47.1 Å². The van der Waals surface area contributed by atoms with Gasteiger partial charge in [0.15, 0.2) is 0 Å². The molecule has 1 aromatic rings. The highest BCUT2D eigenvalue weighted by Crippen LogP contribution is 2.25. The minimum absolute atomic E-state index is 0.0824. The molecule has 2 N–H and O–H groups in total. The highest BCUT2D eigenvalue weighted by atomic mass is 16.6. The van der Waals surface area contributed by atoms with E-state index in [1.165, 1.54) is 9.80 Å². The summed E-state index contributed by atoms with van der Waals surface area (Å²) in [6.45, 7) is 12.3. The SMILES string of the molecule is COc1ccc(N(NC(=O)OC(C)(C)C)C(=O)N2CCN(C(=O)OC(C)(C)C)C[C@H]2CO)cc1C. The Kier molecular flexibility index (Phi) is 8.83. The zero-order valence-corrected chi connectivity index (χ0v) is 21.9. The number of carbonyl (C=O) groups is 3. The third-order valence-corrected chi connectivity index (χ3v) is 5.02. The molecule has 0 aromatic heterocycles. The largest absolute Gasteiger partial charge is 0.496 e. The van der Waals surface area contributed by atoms with Gasteiger partial charge >= 0.3 is 18.2 Å². The standard InChI is InChI=1S/C24H38N4O7/c1-16-13-17(9-10-19(16)33-8)28(25-20(30)34-23(2,3)4)21(31)27-12-11-26(14-18(27)15-29)22(32)35-24(5,6)7/h9-10,13,18,29H,11-12,14-15H2,1-8H3,(H,25,30)/t18-/m0/s1. The molecule has 1 aliphatic heterocycles. The van der Waals surface area contributed by atoms with E-state index in [1.54, 1.807) is 66.9 Å². The fourth-order valence-electron chi connectivity index (χ4n) is 3.50. The number of aliphatic hydroxyl groups is 1. The van der Waals surface area contributed by atoms with Crippen LogP contribution in [0.3, 0.4) is 0 Å². The van der Waals surface area contributed by atoms with Crippen LogP contribution in [0.15, 0.2) is 18.2 Å². The van der Waals surface area contributed by atoms with Crippen LogP contribution in [0.25, 0.3) is 0 Å². The summed E-state index contributed by atoms with van der Waals surface area (Å²) in [5, 5.41) is 11.1. The van der Waals surface area contributed by atoms with Crippen molar-refractivity contribution in [3.8, 4) is 5.75 Å². The van der Waals surface area contributed by atoms with Crippen LogP contribution in [-0.4, -0.2) is 83.7 Å². The predicted molar refractivity (Wildman–Crippen MR) is 130 cm³/mol. The maximum absolute atomic E-state index is 13.6. The van der Waals surface area contributed by atoms with Crippen LogP contribution in [-0.2, 0) is 9.47 Å². The average molecular weight is 495 g/mol. The first-order chi connectivity index (χ1) is 16.1. The number of carbonyl (C=O) groups excluding carboxylic acids is 3. The van der Waals surface area contributed by atoms with Crippen LogP contribution in [0, 0.1) is 6.92 Å². The van der Waals surface area contributed by atoms with Gasteiger partial charge in [0.05, 0.1) is 25.4 Å². The number of hydrogen-bond acceptors (Lipinski definition) is 7. The van der Waals surface area contributed by atoms with Gasteiger partial charge in [-0.3, -0.25) is 0 Å². The maximum atomic E-state index is 13.6. The van der Waals surface area contributed by atoms with Crippen molar-refractivity contribution in [2.24, 2.45) is 0 Å². The fourth-order valence-corrected chi connectivity index (χ4v) is 3.50. The number of ether oxygens (including phenoxy) is 3. The zero-order valence-electron chi connectivity index (χ0n) is 21.9. The van der Waals surface area contributed by atoms with E-state index >= 15 is 0 Å². The van der Waals surface area contributed by atoms with Crippen molar-refractivity contribution in [1.82, 2.24) is 15.2 Å². The average Bonchev–Trinajstić information content (AvgIpc) is 2.74. The molecule has 11 nitrogen and oxygen atoms in total. The zero-order chi connectivity index (χ0) is 26.6. The summed E-state index contributed by atoms with van der Waals surface area (Å²) >= 11 is 0. The lowest BCUT2D eigenvalue weighted by Crippen LogP contribution is -2.63. The van der Waals surface area contributed by atoms with Crippen LogP contribution >= 0.6 is 0 Å². The molecule has 35 heavy (non-hydrogen) atoms. The van der Waals surface area contributed by atoms with Gasteiger partial charge in [-0.25, -0.2) is 19.8 Å². The number of methoxy groups -OCH3 is 1. The van der Waals surface area contributed by atoms with E-state index in [-0.39, 0.29) is 26.2 Å². The van der Waals surface area contributed by atoms with Crippen molar-refractivity contribution in [3.63, 3.8) is 0 Å². The van der Waals surface area contributed by atoms with Gasteiger partial charge in [0.2, 0.25) is 0 Å². The molecule has 1 saturated heterocycles. The second-order valence-corrected chi connectivity index (χ2v) is 10.3. The Hall–Kier alpha value is -3.21. The molecule has 2 rings (SSSR count). The van der Waals surface area contributed by atoms with Crippen LogP contribution in [0.4, 0.5) is 20.1 Å². The normalized spacial score (nSPS) is 16.4. The van der Waals surface area contributed by atoms with E-state index in [0.29, 0.717) is 11.4 Å². The van der Waals surface area contributed by atoms with Gasteiger partial charge in [0.1, 0.15) is 17.0 Å². The molecule has 0 radical (unpaired) electrons. The number of amides is 4. The Balaban J connectivity index is 2.30. The summed E-state index contributed by atoms with van der Waals surface area (Å²) in [4.78, 5) is 41.6. The van der Waals surface area contributed by atoms with Gasteiger partial charge in [-0.1, -0.05) is 0 Å². The first kappa shape index (κ1) is 28.0. The molecular weight excluding hydrogens is 456 g/mol. The number of rotatable bonds is 3. The summed E-state index contributed by atoms with van der Waals surface area (Å²) in [6.07, 6.45) is -1.33. The number of hydrazine groups is 1. The number of benzene rings is 1. The Bertz CT molecular complexity index is 923. The summed E-state index contributed by atoms with van der Waals surface area (Å²) in [7, 11) is 1.54. The molecule has 0 unspecified atom stereocenters. The number of aliphatic hydroxyl groups excluding tert-OH is 1. The Morgan fingerprint density at radius 1 is 1.09 bits per heavy atom. The van der Waals surface area contributed by atoms with E-state index in [4.69, 9.17) is 14.2 Å². The summed E-state index contributed by atoms with van der Waals surface area (Å²) in [5.41, 5.74) is 2.20. The van der Waals surface area contributed by atoms with Gasteiger partial charge < -0.3 is 29.1 Å². The number of piperazine rings is 1. The van der Waals surface area contributed by atoms with Gasteiger partial charge in [-0.2, -0.15) is 5.01 Å². The number of hydrogen-bond donors (Lipinski definition) is 2. The third-order valence-electron chi connectivity index (χ3n) is 5.02. The van der Waals surface area contributed by atoms with Crippen molar-refractivity contribution in [1.29, 1.82) is 0 Å². The Morgan fingerprint density at radius 2 is 1.71 bits per heavy atom. The third kappa shape index (κ3) is 7.91. The Morgan fingerprint density at radius 3 is 2.23 bits per heavy atom. The topological polar surface area (TPSA) is 121 Å². The van der Waals surface area contributed by atoms with Crippen molar-refractivity contribution in [2.45, 2.75) is 65.7 Å². The molecule has 1 atom stereocenters. The van der Waals surface area contributed by atoms with Crippen molar-refractivity contribution in [2.75, 3.05) is 38.4 Å². The number of urea groups is 1. The smallest absolute Gasteiger partial charge is 0.427 e. The monoisotopic (exact) mass is 494 g/mol. The van der Waals surface area contributed by atoms with Gasteiger partial charge in [-0.15, -0.1) is 0 Å². The number of nitrogens with zero attached hydrogens (tertiary/aromatic N) is 3. The molecule has 0 aliphatic carbocycles. The van der Waals surface area contributed by atoms with E-state index in [0.717, 1.165) is 10.6 Å². The van der Waals surface area contributed by atoms with Gasteiger partial charge in [0, 0.05) is 19.6 Å². The molecule has 196 valence electrons. The lowest BCUT2D eigenvalue weighted by molar-refractivity contribution is 0.00349. The predicted octanol–water partition coefficient (Wildman–Crippen LogP) is 3.28. The van der Waals surface area contributed by atoms with E-state index < -0.39 is 35.5 Å². The molecule has 0 bridgehead atoms. The molecule has 1 heterocycles. The number of nitrogens with one attached hydrogen (secondary N) is 1. The van der Waals surface area contributed by atoms with Crippen molar-refractivity contribution in [3.05, 3.63) is 23.8 Å². The lowest BCUT2D eigenvalue weighted by Gasteiger charge is -2.42. The second kappa shape index (κ2) is 11.0. The van der Waals surface area contributed by atoms with Gasteiger partial charge in [-0.05, 0) is 72.2 Å². The maximum Gasteiger partial charge on any atom is 0.427 e. The van der Waals surface area contributed by atoms with Gasteiger partial charge in [0.25, 0.3) is 0 Å². The van der Waals surface area contributed by atoms with E-state index in [9.17, 15) is 19.5 Å². The lowest BCUT2D eigenvalue weighted by atomic mass is 10.1. The molecule has 4 amide bonds. The minimum atomic E-state index is -0.813. The Labute approximate surface area is 206 Å². The molecule has 1 fully saturated rings. The quantitative estimate of drug-likeness (QED) is 0.619. The summed E-state index contributed by atoms with van der Waals surface area (Å²) in [5.74, 6) is 0.623. The summed E-state index contributed by atoms with van der Waals surface area (Å²) < 4.78 is 16.1. The molecule has 0 spiro atoms. The second-order valence-electron chi connectivity index (χ2n) is 10.3. The number of anilines is 1. The van der Waals surface area contributed by atoms with Crippen LogP contribution in [0.2, 0.25) is 0 Å². The first-order valence-electron chi connectivity index (χ1n) is 11.5. The molecule has 1 aliphatic rings. The van der Waals surface area contributed by atoms with E-state index in [2.05, 4.69) is 5.43 Å². The highest BCUT2D eigenvalue weighted by molar-refractivity contribution is 5.94. The summed E-state index contributed by atoms with van der Waals surface area (Å²) in [6, 6.07) is 3.73. The van der Waals surface area contributed by atoms with Crippen LogP contribution < -0.4 is 15.2 Å². The highest BCUT2D eigenvalue weighted by Gasteiger charge is 2.37. The van der Waals surface area contributed by atoms with E-state index in [1.807, 2.05) is 6.92 Å². The fraction of sp³-hybridized carbons (Fsp3) is 0.625. The molecular formula is C24H38N4O7. The number of aryl methyl sites for hydroxylation is 1. The molecule has 1 aromatic carbocycles. The minimum Gasteiger partial charge on any atom is -0.496 e. The molecule has 0 saturated carbocycles. The van der Waals surface area contributed by atoms with Crippen molar-refractivity contribution >= 4 is 23.9 Å². The van der Waals surface area contributed by atoms with Crippen LogP contribution in [0.5, 0.6) is 5.75 Å².